The Morgan fingerprint density at radius 3 is 2.87 bits per heavy atom. The monoisotopic (exact) mass is 206 g/mol. The van der Waals surface area contributed by atoms with Crippen LogP contribution in [-0.4, -0.2) is 12.4 Å². The van der Waals surface area contributed by atoms with E-state index in [-0.39, 0.29) is 18.1 Å². The predicted molar refractivity (Wildman–Crippen MR) is 55.3 cm³/mol. The minimum absolute atomic E-state index is 0.121. The van der Waals surface area contributed by atoms with Crippen molar-refractivity contribution >= 4 is 5.78 Å². The van der Waals surface area contributed by atoms with Gasteiger partial charge in [-0.05, 0) is 25.1 Å². The third-order valence-corrected chi connectivity index (χ3v) is 1.84. The van der Waals surface area contributed by atoms with Crippen LogP contribution in [0.1, 0.15) is 23.7 Å². The molecule has 0 heterocycles. The van der Waals surface area contributed by atoms with E-state index < -0.39 is 5.82 Å². The lowest BCUT2D eigenvalue weighted by molar-refractivity contribution is 0.101. The maximum atomic E-state index is 13.3. The first-order valence-electron chi connectivity index (χ1n) is 4.52. The smallest absolute Gasteiger partial charge is 0.165 e. The minimum Gasteiger partial charge on any atom is -0.490 e. The van der Waals surface area contributed by atoms with Gasteiger partial charge in [0.25, 0.3) is 0 Å². The number of hydrogen-bond donors (Lipinski definition) is 0. The molecule has 0 aliphatic heterocycles. The molecule has 1 rings (SSSR count). The maximum Gasteiger partial charge on any atom is 0.165 e. The van der Waals surface area contributed by atoms with Crippen molar-refractivity contribution < 1.29 is 13.9 Å². The van der Waals surface area contributed by atoms with E-state index in [1.54, 1.807) is 0 Å². The number of carbonyl (C=O) groups excluding carboxylic acids is 1. The first kappa shape index (κ1) is 11.3. The zero-order valence-electron chi connectivity index (χ0n) is 8.42. The van der Waals surface area contributed by atoms with Gasteiger partial charge in [-0.3, -0.25) is 4.79 Å². The third kappa shape index (κ3) is 3.10. The molecule has 0 saturated heterocycles. The molecule has 0 aromatic heterocycles. The van der Waals surface area contributed by atoms with Gasteiger partial charge in [0, 0.05) is 12.0 Å². The quantitative estimate of drug-likeness (QED) is 0.429. The highest BCUT2D eigenvalue weighted by Crippen LogP contribution is 2.18. The molecule has 0 amide bonds. The van der Waals surface area contributed by atoms with Crippen LogP contribution in [0.15, 0.2) is 18.2 Å². The van der Waals surface area contributed by atoms with E-state index >= 15 is 0 Å². The van der Waals surface area contributed by atoms with Gasteiger partial charge in [-0.2, -0.15) is 0 Å². The lowest BCUT2D eigenvalue weighted by Crippen LogP contribution is -2.00. The Labute approximate surface area is 88.1 Å². The molecule has 1 aromatic rings. The van der Waals surface area contributed by atoms with Gasteiger partial charge in [-0.1, -0.05) is 0 Å². The Morgan fingerprint density at radius 1 is 1.60 bits per heavy atom. The lowest BCUT2D eigenvalue weighted by atomic mass is 10.1. The van der Waals surface area contributed by atoms with Crippen molar-refractivity contribution in [1.29, 1.82) is 0 Å². The highest BCUT2D eigenvalue weighted by atomic mass is 19.1. The van der Waals surface area contributed by atoms with Crippen molar-refractivity contribution in [2.24, 2.45) is 0 Å². The summed E-state index contributed by atoms with van der Waals surface area (Å²) in [6.45, 7) is 1.65. The van der Waals surface area contributed by atoms with Crippen LogP contribution in [0.25, 0.3) is 0 Å². The molecule has 0 unspecified atom stereocenters. The van der Waals surface area contributed by atoms with Crippen LogP contribution >= 0.6 is 0 Å². The number of rotatable bonds is 4. The number of Topliss-reactive ketones (excluding diaryl/α,β-unsaturated/α-hetero) is 1. The lowest BCUT2D eigenvalue weighted by Gasteiger charge is -2.05. The molecule has 0 spiro atoms. The van der Waals surface area contributed by atoms with Crippen LogP contribution in [0.4, 0.5) is 4.39 Å². The summed E-state index contributed by atoms with van der Waals surface area (Å²) in [6.07, 6.45) is 5.45. The second-order valence-electron chi connectivity index (χ2n) is 3.00. The SMILES string of the molecule is C#CCCOc1ccc(C(C)=O)cc1F. The van der Waals surface area contributed by atoms with Crippen LogP contribution in [0, 0.1) is 18.2 Å². The van der Waals surface area contributed by atoms with Crippen LogP contribution < -0.4 is 4.74 Å². The standard InChI is InChI=1S/C12H11FO2/c1-3-4-7-15-12-6-5-10(9(2)14)8-11(12)13/h1,5-6,8H,4,7H2,2H3. The number of ketones is 1. The van der Waals surface area contributed by atoms with Crippen molar-refractivity contribution in [2.45, 2.75) is 13.3 Å². The zero-order valence-corrected chi connectivity index (χ0v) is 8.42. The zero-order chi connectivity index (χ0) is 11.3. The van der Waals surface area contributed by atoms with Crippen molar-refractivity contribution in [3.63, 3.8) is 0 Å². The number of carbonyl (C=O) groups is 1. The number of benzene rings is 1. The molecule has 2 nitrogen and oxygen atoms in total. The minimum atomic E-state index is -0.542. The van der Waals surface area contributed by atoms with Crippen LogP contribution in [0.2, 0.25) is 0 Å². The van der Waals surface area contributed by atoms with Gasteiger partial charge in [0.1, 0.15) is 0 Å². The summed E-state index contributed by atoms with van der Waals surface area (Å²) >= 11 is 0. The predicted octanol–water partition coefficient (Wildman–Crippen LogP) is 2.43. The molecule has 0 atom stereocenters. The Bertz CT molecular complexity index is 405. The summed E-state index contributed by atoms with van der Waals surface area (Å²) in [5, 5.41) is 0. The molecule has 3 heteroatoms. The highest BCUT2D eigenvalue weighted by Gasteiger charge is 2.06. The van der Waals surface area contributed by atoms with Crippen LogP contribution in [0.3, 0.4) is 0 Å². The Balaban J connectivity index is 2.76. The number of terminal acetylenes is 1. The summed E-state index contributed by atoms with van der Waals surface area (Å²) in [5.41, 5.74) is 0.330. The maximum absolute atomic E-state index is 13.3. The Hall–Kier alpha value is -1.82. The summed E-state index contributed by atoms with van der Waals surface area (Å²) in [5.74, 6) is 1.79. The van der Waals surface area contributed by atoms with Gasteiger partial charge in [0.2, 0.25) is 0 Å². The second kappa shape index (κ2) is 5.16. The van der Waals surface area contributed by atoms with Gasteiger partial charge in [-0.25, -0.2) is 4.39 Å². The Kier molecular flexibility index (Phi) is 3.87. The topological polar surface area (TPSA) is 26.3 Å². The number of ether oxygens (including phenoxy) is 1. The van der Waals surface area contributed by atoms with E-state index in [2.05, 4.69) is 5.92 Å². The molecular weight excluding hydrogens is 195 g/mol. The summed E-state index contributed by atoms with van der Waals surface area (Å²) in [6, 6.07) is 4.12. The van der Waals surface area contributed by atoms with Gasteiger partial charge in [0.15, 0.2) is 17.3 Å². The van der Waals surface area contributed by atoms with E-state index in [0.717, 1.165) is 6.07 Å². The van der Waals surface area contributed by atoms with Gasteiger partial charge in [-0.15, -0.1) is 12.3 Å². The second-order valence-corrected chi connectivity index (χ2v) is 3.00. The highest BCUT2D eigenvalue weighted by molar-refractivity contribution is 5.94. The first-order chi connectivity index (χ1) is 7.15. The summed E-state index contributed by atoms with van der Waals surface area (Å²) in [4.78, 5) is 10.9. The average molecular weight is 206 g/mol. The molecule has 0 bridgehead atoms. The molecule has 78 valence electrons. The number of hydrogen-bond acceptors (Lipinski definition) is 2. The van der Waals surface area contributed by atoms with E-state index in [9.17, 15) is 9.18 Å². The van der Waals surface area contributed by atoms with Crippen LogP contribution in [-0.2, 0) is 0 Å². The fourth-order valence-corrected chi connectivity index (χ4v) is 1.06. The van der Waals surface area contributed by atoms with Crippen molar-refractivity contribution in [2.75, 3.05) is 6.61 Å². The number of halogens is 1. The molecule has 1 aromatic carbocycles. The van der Waals surface area contributed by atoms with E-state index in [1.807, 2.05) is 0 Å². The first-order valence-corrected chi connectivity index (χ1v) is 4.52. The van der Waals surface area contributed by atoms with E-state index in [1.165, 1.54) is 19.1 Å². The molecule has 0 N–H and O–H groups in total. The van der Waals surface area contributed by atoms with Crippen molar-refractivity contribution in [1.82, 2.24) is 0 Å². The normalized spacial score (nSPS) is 9.40. The molecule has 0 saturated carbocycles. The van der Waals surface area contributed by atoms with Crippen LogP contribution in [0.5, 0.6) is 5.75 Å². The molecular formula is C12H11FO2. The van der Waals surface area contributed by atoms with Gasteiger partial charge >= 0.3 is 0 Å². The molecule has 0 fully saturated rings. The summed E-state index contributed by atoms with van der Waals surface area (Å²) < 4.78 is 18.4. The van der Waals surface area contributed by atoms with E-state index in [0.29, 0.717) is 12.0 Å². The molecule has 0 radical (unpaired) electrons. The molecule has 15 heavy (non-hydrogen) atoms. The van der Waals surface area contributed by atoms with Crippen molar-refractivity contribution in [3.8, 4) is 18.1 Å². The summed E-state index contributed by atoms with van der Waals surface area (Å²) in [7, 11) is 0. The largest absolute Gasteiger partial charge is 0.490 e. The van der Waals surface area contributed by atoms with Gasteiger partial charge in [0.05, 0.1) is 6.61 Å². The van der Waals surface area contributed by atoms with Crippen molar-refractivity contribution in [3.05, 3.63) is 29.6 Å². The fourth-order valence-electron chi connectivity index (χ4n) is 1.06. The fraction of sp³-hybridized carbons (Fsp3) is 0.250. The average Bonchev–Trinajstić information content (AvgIpc) is 2.20. The molecule has 0 aliphatic rings. The molecule has 0 aliphatic carbocycles. The van der Waals surface area contributed by atoms with Gasteiger partial charge < -0.3 is 4.74 Å². The van der Waals surface area contributed by atoms with E-state index in [4.69, 9.17) is 11.2 Å². The Morgan fingerprint density at radius 2 is 2.33 bits per heavy atom. The third-order valence-electron chi connectivity index (χ3n) is 1.84.